The van der Waals surface area contributed by atoms with Gasteiger partial charge in [0.05, 0.1) is 7.11 Å². The second-order valence-electron chi connectivity index (χ2n) is 4.61. The summed E-state index contributed by atoms with van der Waals surface area (Å²) in [5.41, 5.74) is 2.60. The zero-order chi connectivity index (χ0) is 11.4. The molecule has 0 spiro atoms. The molecule has 0 bridgehead atoms. The summed E-state index contributed by atoms with van der Waals surface area (Å²) in [4.78, 5) is 2.54. The van der Waals surface area contributed by atoms with Crippen LogP contribution >= 0.6 is 0 Å². The Morgan fingerprint density at radius 1 is 1.25 bits per heavy atom. The van der Waals surface area contributed by atoms with E-state index < -0.39 is 0 Å². The summed E-state index contributed by atoms with van der Waals surface area (Å²) in [6.45, 7) is 5.81. The van der Waals surface area contributed by atoms with Crippen LogP contribution in [0.4, 0.5) is 0 Å². The molecule has 1 saturated heterocycles. The standard InChI is InChI=1S/C14H21NO/c1-12-5-6-13(14(11-12)16-2)7-10-15-8-3-4-9-15/h5-6,11H,3-4,7-10H2,1-2H3. The zero-order valence-electron chi connectivity index (χ0n) is 10.3. The van der Waals surface area contributed by atoms with Crippen LogP contribution < -0.4 is 4.74 Å². The molecule has 1 aromatic carbocycles. The first-order valence-corrected chi connectivity index (χ1v) is 6.15. The van der Waals surface area contributed by atoms with Crippen LogP contribution in [0.3, 0.4) is 0 Å². The summed E-state index contributed by atoms with van der Waals surface area (Å²) in [6, 6.07) is 6.49. The highest BCUT2D eigenvalue weighted by atomic mass is 16.5. The first-order valence-electron chi connectivity index (χ1n) is 6.15. The molecule has 0 atom stereocenters. The van der Waals surface area contributed by atoms with Gasteiger partial charge in [0.15, 0.2) is 0 Å². The van der Waals surface area contributed by atoms with Gasteiger partial charge in [-0.2, -0.15) is 0 Å². The molecule has 2 heteroatoms. The maximum Gasteiger partial charge on any atom is 0.122 e. The molecule has 1 fully saturated rings. The van der Waals surface area contributed by atoms with E-state index in [0.717, 1.165) is 12.2 Å². The molecule has 1 aliphatic heterocycles. The van der Waals surface area contributed by atoms with Gasteiger partial charge in [0, 0.05) is 6.54 Å². The van der Waals surface area contributed by atoms with Crippen molar-refractivity contribution in [2.24, 2.45) is 0 Å². The van der Waals surface area contributed by atoms with E-state index in [4.69, 9.17) is 4.74 Å². The number of methoxy groups -OCH3 is 1. The Labute approximate surface area is 98.2 Å². The number of likely N-dealkylation sites (tertiary alicyclic amines) is 1. The number of ether oxygens (including phenoxy) is 1. The number of nitrogens with zero attached hydrogens (tertiary/aromatic N) is 1. The van der Waals surface area contributed by atoms with Gasteiger partial charge in [0.25, 0.3) is 0 Å². The lowest BCUT2D eigenvalue weighted by molar-refractivity contribution is 0.339. The molecule has 88 valence electrons. The molecule has 0 amide bonds. The molecule has 16 heavy (non-hydrogen) atoms. The van der Waals surface area contributed by atoms with E-state index >= 15 is 0 Å². The van der Waals surface area contributed by atoms with E-state index in [9.17, 15) is 0 Å². The van der Waals surface area contributed by atoms with Crippen molar-refractivity contribution < 1.29 is 4.74 Å². The molecule has 0 aromatic heterocycles. The molecular weight excluding hydrogens is 198 g/mol. The normalized spacial score (nSPS) is 16.6. The minimum atomic E-state index is 1.04. The van der Waals surface area contributed by atoms with Crippen LogP contribution in [-0.4, -0.2) is 31.6 Å². The molecule has 1 aliphatic rings. The highest BCUT2D eigenvalue weighted by Crippen LogP contribution is 2.21. The second kappa shape index (κ2) is 5.35. The topological polar surface area (TPSA) is 12.5 Å². The summed E-state index contributed by atoms with van der Waals surface area (Å²) >= 11 is 0. The predicted octanol–water partition coefficient (Wildman–Crippen LogP) is 2.64. The fourth-order valence-electron chi connectivity index (χ4n) is 2.34. The lowest BCUT2D eigenvalue weighted by atomic mass is 10.1. The van der Waals surface area contributed by atoms with Gasteiger partial charge >= 0.3 is 0 Å². The van der Waals surface area contributed by atoms with E-state index in [2.05, 4.69) is 30.0 Å². The smallest absolute Gasteiger partial charge is 0.122 e. The summed E-state index contributed by atoms with van der Waals surface area (Å²) in [7, 11) is 1.76. The summed E-state index contributed by atoms with van der Waals surface area (Å²) in [6.07, 6.45) is 3.83. The van der Waals surface area contributed by atoms with Crippen LogP contribution in [0.5, 0.6) is 5.75 Å². The third kappa shape index (κ3) is 2.76. The van der Waals surface area contributed by atoms with Crippen molar-refractivity contribution in [2.45, 2.75) is 26.2 Å². The van der Waals surface area contributed by atoms with Crippen molar-refractivity contribution in [3.05, 3.63) is 29.3 Å². The van der Waals surface area contributed by atoms with Gasteiger partial charge in [0.1, 0.15) is 5.75 Å². The van der Waals surface area contributed by atoms with Crippen molar-refractivity contribution in [1.82, 2.24) is 4.90 Å². The molecule has 2 nitrogen and oxygen atoms in total. The molecule has 2 rings (SSSR count). The molecule has 0 unspecified atom stereocenters. The molecule has 0 N–H and O–H groups in total. The van der Waals surface area contributed by atoms with Gasteiger partial charge in [-0.3, -0.25) is 0 Å². The first-order chi connectivity index (χ1) is 7.79. The van der Waals surface area contributed by atoms with Crippen LogP contribution in [0.15, 0.2) is 18.2 Å². The van der Waals surface area contributed by atoms with Crippen molar-refractivity contribution in [1.29, 1.82) is 0 Å². The number of hydrogen-bond donors (Lipinski definition) is 0. The van der Waals surface area contributed by atoms with Gasteiger partial charge in [-0.15, -0.1) is 0 Å². The Kier molecular flexibility index (Phi) is 3.83. The Hall–Kier alpha value is -1.02. The molecular formula is C14H21NO. The Morgan fingerprint density at radius 3 is 2.69 bits per heavy atom. The fourth-order valence-corrected chi connectivity index (χ4v) is 2.34. The highest BCUT2D eigenvalue weighted by Gasteiger charge is 2.12. The number of rotatable bonds is 4. The van der Waals surface area contributed by atoms with Gasteiger partial charge in [-0.25, -0.2) is 0 Å². The number of hydrogen-bond acceptors (Lipinski definition) is 2. The lowest BCUT2D eigenvalue weighted by Gasteiger charge is -2.16. The minimum Gasteiger partial charge on any atom is -0.496 e. The summed E-state index contributed by atoms with van der Waals surface area (Å²) in [5.74, 6) is 1.04. The van der Waals surface area contributed by atoms with Crippen LogP contribution in [0, 0.1) is 6.92 Å². The van der Waals surface area contributed by atoms with Crippen molar-refractivity contribution in [3.8, 4) is 5.75 Å². The highest BCUT2D eigenvalue weighted by molar-refractivity contribution is 5.37. The van der Waals surface area contributed by atoms with E-state index in [1.807, 2.05) is 0 Å². The Balaban J connectivity index is 1.97. The van der Waals surface area contributed by atoms with Gasteiger partial charge in [-0.05, 0) is 56.5 Å². The van der Waals surface area contributed by atoms with Crippen molar-refractivity contribution in [3.63, 3.8) is 0 Å². The largest absolute Gasteiger partial charge is 0.496 e. The molecule has 1 aromatic rings. The van der Waals surface area contributed by atoms with Crippen molar-refractivity contribution in [2.75, 3.05) is 26.7 Å². The van der Waals surface area contributed by atoms with Gasteiger partial charge < -0.3 is 9.64 Å². The van der Waals surface area contributed by atoms with Crippen LogP contribution in [0.2, 0.25) is 0 Å². The van der Waals surface area contributed by atoms with E-state index in [0.29, 0.717) is 0 Å². The number of aryl methyl sites for hydroxylation is 1. The zero-order valence-corrected chi connectivity index (χ0v) is 10.3. The maximum atomic E-state index is 5.42. The lowest BCUT2D eigenvalue weighted by Crippen LogP contribution is -2.22. The third-order valence-electron chi connectivity index (χ3n) is 3.34. The monoisotopic (exact) mass is 219 g/mol. The van der Waals surface area contributed by atoms with Crippen molar-refractivity contribution >= 4 is 0 Å². The average Bonchev–Trinajstić information content (AvgIpc) is 2.80. The maximum absolute atomic E-state index is 5.42. The minimum absolute atomic E-state index is 1.04. The van der Waals surface area contributed by atoms with Gasteiger partial charge in [-0.1, -0.05) is 12.1 Å². The first kappa shape index (κ1) is 11.5. The molecule has 0 saturated carbocycles. The predicted molar refractivity (Wildman–Crippen MR) is 67.1 cm³/mol. The molecule has 0 radical (unpaired) electrons. The van der Waals surface area contributed by atoms with Gasteiger partial charge in [0.2, 0.25) is 0 Å². The Morgan fingerprint density at radius 2 is 2.00 bits per heavy atom. The molecule has 0 aliphatic carbocycles. The van der Waals surface area contributed by atoms with Crippen LogP contribution in [0.1, 0.15) is 24.0 Å². The van der Waals surface area contributed by atoms with Crippen LogP contribution in [-0.2, 0) is 6.42 Å². The van der Waals surface area contributed by atoms with E-state index in [1.54, 1.807) is 7.11 Å². The second-order valence-corrected chi connectivity index (χ2v) is 4.61. The quantitative estimate of drug-likeness (QED) is 0.772. The van der Waals surface area contributed by atoms with E-state index in [-0.39, 0.29) is 0 Å². The number of benzene rings is 1. The summed E-state index contributed by atoms with van der Waals surface area (Å²) < 4.78 is 5.42. The van der Waals surface area contributed by atoms with Crippen LogP contribution in [0.25, 0.3) is 0 Å². The third-order valence-corrected chi connectivity index (χ3v) is 3.34. The fraction of sp³-hybridized carbons (Fsp3) is 0.571. The summed E-state index contributed by atoms with van der Waals surface area (Å²) in [5, 5.41) is 0. The Bertz CT molecular complexity index is 343. The SMILES string of the molecule is COc1cc(C)ccc1CCN1CCCC1. The average molecular weight is 219 g/mol. The van der Waals surface area contributed by atoms with E-state index in [1.165, 1.54) is 43.6 Å². The molecule has 1 heterocycles.